The molecule has 5 nitrogen and oxygen atoms in total. The molecule has 0 aliphatic heterocycles. The molecule has 0 unspecified atom stereocenters. The predicted molar refractivity (Wildman–Crippen MR) is 49.3 cm³/mol. The van der Waals surface area contributed by atoms with Gasteiger partial charge in [0.15, 0.2) is 0 Å². The Kier molecular flexibility index (Phi) is 3.26. The SMILES string of the molecule is O=C(O)CSc1ccsc1[N+](=O)[O-]. The van der Waals surface area contributed by atoms with Crippen LogP contribution in [0.3, 0.4) is 0 Å². The molecule has 0 amide bonds. The topological polar surface area (TPSA) is 80.4 Å². The first-order chi connectivity index (χ1) is 6.11. The molecule has 70 valence electrons. The van der Waals surface area contributed by atoms with Crippen molar-refractivity contribution in [3.05, 3.63) is 21.6 Å². The number of carboxylic acid groups (broad SMARTS) is 1. The highest BCUT2D eigenvalue weighted by molar-refractivity contribution is 8.00. The van der Waals surface area contributed by atoms with E-state index in [1.165, 1.54) is 0 Å². The van der Waals surface area contributed by atoms with Gasteiger partial charge in [-0.2, -0.15) is 0 Å². The lowest BCUT2D eigenvalue weighted by atomic mass is 10.6. The molecule has 0 bridgehead atoms. The van der Waals surface area contributed by atoms with Crippen LogP contribution in [0.2, 0.25) is 0 Å². The molecule has 7 heteroatoms. The van der Waals surface area contributed by atoms with Gasteiger partial charge in [0, 0.05) is 0 Å². The van der Waals surface area contributed by atoms with Crippen molar-refractivity contribution in [3.63, 3.8) is 0 Å². The first-order valence-corrected chi connectivity index (χ1v) is 5.04. The van der Waals surface area contributed by atoms with Gasteiger partial charge in [0.05, 0.1) is 15.6 Å². The minimum absolute atomic E-state index is 0.00579. The summed E-state index contributed by atoms with van der Waals surface area (Å²) in [6.45, 7) is 0. The third kappa shape index (κ3) is 2.71. The van der Waals surface area contributed by atoms with Crippen LogP contribution >= 0.6 is 23.1 Å². The van der Waals surface area contributed by atoms with Crippen molar-refractivity contribution in [2.24, 2.45) is 0 Å². The average Bonchev–Trinajstić information content (AvgIpc) is 2.47. The Balaban J connectivity index is 2.71. The molecular weight excluding hydrogens is 214 g/mol. The summed E-state index contributed by atoms with van der Waals surface area (Å²) in [5.74, 6) is -1.14. The van der Waals surface area contributed by atoms with Crippen LogP contribution in [0.15, 0.2) is 16.3 Å². The number of nitro groups is 1. The van der Waals surface area contributed by atoms with Gasteiger partial charge in [0.2, 0.25) is 0 Å². The van der Waals surface area contributed by atoms with E-state index >= 15 is 0 Å². The van der Waals surface area contributed by atoms with E-state index in [2.05, 4.69) is 0 Å². The maximum atomic E-state index is 10.4. The van der Waals surface area contributed by atoms with E-state index in [9.17, 15) is 14.9 Å². The van der Waals surface area contributed by atoms with Gasteiger partial charge < -0.3 is 5.11 Å². The van der Waals surface area contributed by atoms with Gasteiger partial charge in [0.25, 0.3) is 0 Å². The number of carboxylic acids is 1. The van der Waals surface area contributed by atoms with Crippen LogP contribution in [0.4, 0.5) is 5.00 Å². The second kappa shape index (κ2) is 4.24. The van der Waals surface area contributed by atoms with Gasteiger partial charge >= 0.3 is 11.0 Å². The van der Waals surface area contributed by atoms with Crippen LogP contribution in [0.1, 0.15) is 0 Å². The maximum absolute atomic E-state index is 10.4. The summed E-state index contributed by atoms with van der Waals surface area (Å²) in [6.07, 6.45) is 0. The lowest BCUT2D eigenvalue weighted by Gasteiger charge is -1.92. The molecule has 0 saturated carbocycles. The monoisotopic (exact) mass is 219 g/mol. The number of rotatable bonds is 4. The molecule has 1 aromatic heterocycles. The lowest BCUT2D eigenvalue weighted by Crippen LogP contribution is -1.97. The molecule has 0 aromatic carbocycles. The normalized spacial score (nSPS) is 9.85. The minimum Gasteiger partial charge on any atom is -0.481 e. The minimum atomic E-state index is -0.981. The summed E-state index contributed by atoms with van der Waals surface area (Å²) >= 11 is 1.96. The molecule has 0 atom stereocenters. The molecule has 0 aliphatic carbocycles. The third-order valence-corrected chi connectivity index (χ3v) is 3.15. The van der Waals surface area contributed by atoms with Gasteiger partial charge in [-0.1, -0.05) is 11.3 Å². The van der Waals surface area contributed by atoms with Crippen molar-refractivity contribution in [1.29, 1.82) is 0 Å². The van der Waals surface area contributed by atoms with E-state index < -0.39 is 10.9 Å². The number of nitrogens with zero attached hydrogens (tertiary/aromatic N) is 1. The summed E-state index contributed by atoms with van der Waals surface area (Å²) in [7, 11) is 0. The number of thioether (sulfide) groups is 1. The smallest absolute Gasteiger partial charge is 0.337 e. The fourth-order valence-corrected chi connectivity index (χ4v) is 2.32. The third-order valence-electron chi connectivity index (χ3n) is 1.13. The van der Waals surface area contributed by atoms with Gasteiger partial charge in [0.1, 0.15) is 0 Å². The maximum Gasteiger partial charge on any atom is 0.337 e. The Morgan fingerprint density at radius 3 is 3.00 bits per heavy atom. The highest BCUT2D eigenvalue weighted by Gasteiger charge is 2.16. The summed E-state index contributed by atoms with van der Waals surface area (Å²) in [6, 6.07) is 1.55. The Morgan fingerprint density at radius 1 is 1.77 bits per heavy atom. The fraction of sp³-hybridized carbons (Fsp3) is 0.167. The molecule has 1 N–H and O–H groups in total. The summed E-state index contributed by atoms with van der Waals surface area (Å²) in [4.78, 5) is 20.5. The van der Waals surface area contributed by atoms with E-state index in [1.807, 2.05) is 0 Å². The Hall–Kier alpha value is -1.08. The Bertz CT molecular complexity index is 335. The van der Waals surface area contributed by atoms with Crippen molar-refractivity contribution in [3.8, 4) is 0 Å². The summed E-state index contributed by atoms with van der Waals surface area (Å²) in [5.41, 5.74) is 0. The van der Waals surface area contributed by atoms with E-state index in [1.54, 1.807) is 11.4 Å². The number of hydrogen-bond donors (Lipinski definition) is 1. The predicted octanol–water partition coefficient (Wildman–Crippen LogP) is 1.83. The zero-order valence-corrected chi connectivity index (χ0v) is 7.93. The average molecular weight is 219 g/mol. The van der Waals surface area contributed by atoms with E-state index in [-0.39, 0.29) is 10.8 Å². The van der Waals surface area contributed by atoms with Crippen LogP contribution in [-0.4, -0.2) is 21.8 Å². The standard InChI is InChI=1S/C6H5NO4S2/c8-5(9)3-13-4-1-2-12-6(4)7(10)11/h1-2H,3H2,(H,8,9). The van der Waals surface area contributed by atoms with Gasteiger partial charge in [-0.3, -0.25) is 14.9 Å². The Labute approximate surface area is 81.5 Å². The number of thiophene rings is 1. The van der Waals surface area contributed by atoms with Crippen LogP contribution < -0.4 is 0 Å². The van der Waals surface area contributed by atoms with E-state index in [4.69, 9.17) is 5.11 Å². The number of hydrogen-bond acceptors (Lipinski definition) is 5. The molecule has 0 fully saturated rings. The molecule has 1 aromatic rings. The van der Waals surface area contributed by atoms with E-state index in [0.717, 1.165) is 23.1 Å². The highest BCUT2D eigenvalue weighted by atomic mass is 32.2. The second-order valence-corrected chi connectivity index (χ2v) is 3.94. The van der Waals surface area contributed by atoms with Gasteiger partial charge in [-0.05, 0) is 11.4 Å². The largest absolute Gasteiger partial charge is 0.481 e. The Morgan fingerprint density at radius 2 is 2.46 bits per heavy atom. The van der Waals surface area contributed by atoms with Crippen molar-refractivity contribution in [2.75, 3.05) is 5.75 Å². The van der Waals surface area contributed by atoms with Gasteiger partial charge in [-0.15, -0.1) is 11.8 Å². The zero-order chi connectivity index (χ0) is 9.84. The fourth-order valence-electron chi connectivity index (χ4n) is 0.672. The molecule has 1 rings (SSSR count). The molecular formula is C6H5NO4S2. The first kappa shape index (κ1) is 10.0. The van der Waals surface area contributed by atoms with Crippen molar-refractivity contribution >= 4 is 34.1 Å². The molecule has 0 aliphatic rings. The van der Waals surface area contributed by atoms with Crippen LogP contribution in [0.25, 0.3) is 0 Å². The second-order valence-electron chi connectivity index (χ2n) is 2.03. The molecule has 0 radical (unpaired) electrons. The quantitative estimate of drug-likeness (QED) is 0.474. The van der Waals surface area contributed by atoms with Crippen molar-refractivity contribution in [1.82, 2.24) is 0 Å². The molecule has 0 saturated heterocycles. The number of carbonyl (C=O) groups is 1. The van der Waals surface area contributed by atoms with Crippen LogP contribution in [0.5, 0.6) is 0 Å². The molecule has 1 heterocycles. The zero-order valence-electron chi connectivity index (χ0n) is 6.30. The molecule has 0 spiro atoms. The van der Waals surface area contributed by atoms with Crippen LogP contribution in [-0.2, 0) is 4.79 Å². The van der Waals surface area contributed by atoms with Crippen LogP contribution in [0, 0.1) is 10.1 Å². The van der Waals surface area contributed by atoms with Crippen molar-refractivity contribution in [2.45, 2.75) is 4.90 Å². The first-order valence-electron chi connectivity index (χ1n) is 3.17. The van der Waals surface area contributed by atoms with Crippen molar-refractivity contribution < 1.29 is 14.8 Å². The highest BCUT2D eigenvalue weighted by Crippen LogP contribution is 2.33. The number of aliphatic carboxylic acids is 1. The lowest BCUT2D eigenvalue weighted by molar-refractivity contribution is -0.382. The van der Waals surface area contributed by atoms with E-state index in [0.29, 0.717) is 4.90 Å². The van der Waals surface area contributed by atoms with Gasteiger partial charge in [-0.25, -0.2) is 0 Å². The molecule has 13 heavy (non-hydrogen) atoms. The summed E-state index contributed by atoms with van der Waals surface area (Å²) in [5, 5.41) is 20.3. The summed E-state index contributed by atoms with van der Waals surface area (Å²) < 4.78 is 0.